The minimum atomic E-state index is -0.289. The maximum Gasteiger partial charge on any atom is 0.174 e. The molecular formula is C12H7Br3O. The molecule has 82 valence electrons. The highest BCUT2D eigenvalue weighted by atomic mass is 79.9. The summed E-state index contributed by atoms with van der Waals surface area (Å²) >= 11 is 10.3. The third-order valence-electron chi connectivity index (χ3n) is 2.28. The van der Waals surface area contributed by atoms with E-state index in [0.717, 1.165) is 20.1 Å². The molecule has 2 rings (SSSR count). The first-order chi connectivity index (χ1) is 7.59. The molecule has 1 atom stereocenters. The number of hydrogen-bond donors (Lipinski definition) is 0. The van der Waals surface area contributed by atoms with Gasteiger partial charge in [0.2, 0.25) is 0 Å². The predicted octanol–water partition coefficient (Wildman–Crippen LogP) is 4.50. The second kappa shape index (κ2) is 4.98. The topological polar surface area (TPSA) is 17.1 Å². The zero-order valence-corrected chi connectivity index (χ0v) is 12.8. The van der Waals surface area contributed by atoms with Gasteiger partial charge in [0.1, 0.15) is 0 Å². The summed E-state index contributed by atoms with van der Waals surface area (Å²) in [6.07, 6.45) is 3.46. The number of halogens is 3. The van der Waals surface area contributed by atoms with Gasteiger partial charge in [-0.05, 0) is 23.3 Å². The smallest absolute Gasteiger partial charge is 0.174 e. The van der Waals surface area contributed by atoms with E-state index in [-0.39, 0.29) is 10.6 Å². The molecule has 0 aliphatic heterocycles. The molecule has 0 saturated carbocycles. The van der Waals surface area contributed by atoms with Crippen molar-refractivity contribution in [3.05, 3.63) is 47.5 Å². The summed E-state index contributed by atoms with van der Waals surface area (Å²) in [6.45, 7) is 0. The van der Waals surface area contributed by atoms with Crippen LogP contribution in [0.3, 0.4) is 0 Å². The molecule has 4 heteroatoms. The summed E-state index contributed by atoms with van der Waals surface area (Å²) in [4.78, 5) is 11.4. The molecule has 0 amide bonds. The largest absolute Gasteiger partial charge is 0.293 e. The Balaban J connectivity index is 2.67. The number of ketones is 1. The monoisotopic (exact) mass is 404 g/mol. The lowest BCUT2D eigenvalue weighted by Crippen LogP contribution is -2.10. The first-order valence-electron chi connectivity index (χ1n) is 4.62. The van der Waals surface area contributed by atoms with Crippen molar-refractivity contribution in [3.8, 4) is 0 Å². The Bertz CT molecular complexity index is 503. The molecule has 1 aliphatic carbocycles. The van der Waals surface area contributed by atoms with Gasteiger partial charge in [0.25, 0.3) is 0 Å². The van der Waals surface area contributed by atoms with Crippen LogP contribution >= 0.6 is 47.8 Å². The molecule has 0 radical (unpaired) electrons. The summed E-state index contributed by atoms with van der Waals surface area (Å²) in [7, 11) is 0. The highest BCUT2D eigenvalue weighted by Gasteiger charge is 2.17. The molecule has 1 aromatic rings. The van der Waals surface area contributed by atoms with Gasteiger partial charge < -0.3 is 0 Å². The van der Waals surface area contributed by atoms with E-state index in [9.17, 15) is 4.79 Å². The molecule has 1 aromatic carbocycles. The maximum absolute atomic E-state index is 11.7. The van der Waals surface area contributed by atoms with Crippen molar-refractivity contribution in [1.82, 2.24) is 0 Å². The first-order valence-corrected chi connectivity index (χ1v) is 7.12. The molecular weight excluding hydrogens is 400 g/mol. The molecule has 0 spiro atoms. The number of carbonyl (C=O) groups excluding carboxylic acids is 1. The van der Waals surface area contributed by atoms with E-state index in [1.807, 2.05) is 30.3 Å². The zero-order chi connectivity index (χ0) is 11.7. The van der Waals surface area contributed by atoms with Crippen molar-refractivity contribution in [2.45, 2.75) is 4.83 Å². The first kappa shape index (κ1) is 12.3. The fourth-order valence-electron chi connectivity index (χ4n) is 1.48. The van der Waals surface area contributed by atoms with Crippen LogP contribution < -0.4 is 0 Å². The molecule has 0 aromatic heterocycles. The van der Waals surface area contributed by atoms with Gasteiger partial charge in [-0.1, -0.05) is 72.1 Å². The van der Waals surface area contributed by atoms with E-state index >= 15 is 0 Å². The number of benzene rings is 1. The van der Waals surface area contributed by atoms with Gasteiger partial charge in [-0.25, -0.2) is 0 Å². The van der Waals surface area contributed by atoms with E-state index in [4.69, 9.17) is 0 Å². The summed E-state index contributed by atoms with van der Waals surface area (Å²) in [5.41, 5.74) is 2.08. The Morgan fingerprint density at radius 3 is 2.19 bits per heavy atom. The Morgan fingerprint density at radius 2 is 1.56 bits per heavy atom. The Hall–Kier alpha value is -0.190. The molecule has 1 unspecified atom stereocenters. The number of fused-ring (bicyclic) bond motifs is 1. The molecule has 16 heavy (non-hydrogen) atoms. The number of allylic oxidation sites excluding steroid dienone is 2. The number of alkyl halides is 1. The normalized spacial score (nSPS) is 20.4. The van der Waals surface area contributed by atoms with Gasteiger partial charge in [-0.2, -0.15) is 0 Å². The fraction of sp³-hybridized carbons (Fsp3) is 0.0833. The van der Waals surface area contributed by atoms with Crippen LogP contribution in [0, 0.1) is 0 Å². The SMILES string of the molecule is O=C1C=C(Br)c2ccccc2C(Br)=CC1Br. The molecule has 1 aliphatic rings. The van der Waals surface area contributed by atoms with Gasteiger partial charge in [0.15, 0.2) is 5.78 Å². The van der Waals surface area contributed by atoms with Crippen LogP contribution in [-0.4, -0.2) is 10.6 Å². The van der Waals surface area contributed by atoms with Crippen LogP contribution in [0.2, 0.25) is 0 Å². The highest BCUT2D eigenvalue weighted by Crippen LogP contribution is 2.35. The molecule has 0 saturated heterocycles. The maximum atomic E-state index is 11.7. The van der Waals surface area contributed by atoms with Crippen LogP contribution in [-0.2, 0) is 4.79 Å². The van der Waals surface area contributed by atoms with Crippen LogP contribution in [0.4, 0.5) is 0 Å². The third kappa shape index (κ3) is 2.39. The van der Waals surface area contributed by atoms with Gasteiger partial charge in [-0.15, -0.1) is 0 Å². The van der Waals surface area contributed by atoms with Gasteiger partial charge in [0.05, 0.1) is 4.83 Å². The van der Waals surface area contributed by atoms with E-state index < -0.39 is 0 Å². The van der Waals surface area contributed by atoms with Gasteiger partial charge in [0, 0.05) is 8.96 Å². The van der Waals surface area contributed by atoms with Gasteiger partial charge in [-0.3, -0.25) is 4.79 Å². The van der Waals surface area contributed by atoms with E-state index in [0.29, 0.717) is 0 Å². The van der Waals surface area contributed by atoms with Gasteiger partial charge >= 0.3 is 0 Å². The van der Waals surface area contributed by atoms with Crippen molar-refractivity contribution < 1.29 is 4.79 Å². The number of carbonyl (C=O) groups is 1. The Labute approximate surface area is 119 Å². The Kier molecular flexibility index (Phi) is 3.82. The number of rotatable bonds is 0. The van der Waals surface area contributed by atoms with Crippen LogP contribution in [0.15, 0.2) is 36.4 Å². The van der Waals surface area contributed by atoms with E-state index in [1.54, 1.807) is 6.08 Å². The lowest BCUT2D eigenvalue weighted by atomic mass is 10.0. The van der Waals surface area contributed by atoms with E-state index in [1.165, 1.54) is 0 Å². The second-order valence-electron chi connectivity index (χ2n) is 3.36. The second-order valence-corrected chi connectivity index (χ2v) is 6.05. The molecule has 0 N–H and O–H groups in total. The quantitative estimate of drug-likeness (QED) is 0.579. The van der Waals surface area contributed by atoms with Crippen LogP contribution in [0.1, 0.15) is 11.1 Å². The van der Waals surface area contributed by atoms with Crippen molar-refractivity contribution in [3.63, 3.8) is 0 Å². The summed E-state index contributed by atoms with van der Waals surface area (Å²) in [5.74, 6) is 0.0262. The number of hydrogen-bond acceptors (Lipinski definition) is 1. The lowest BCUT2D eigenvalue weighted by molar-refractivity contribution is -0.113. The molecule has 1 nitrogen and oxygen atoms in total. The van der Waals surface area contributed by atoms with Crippen molar-refractivity contribution in [2.75, 3.05) is 0 Å². The average Bonchev–Trinajstić information content (AvgIpc) is 2.27. The minimum Gasteiger partial charge on any atom is -0.293 e. The van der Waals surface area contributed by atoms with Crippen molar-refractivity contribution >= 4 is 62.5 Å². The Morgan fingerprint density at radius 1 is 1.00 bits per heavy atom. The molecule has 0 fully saturated rings. The highest BCUT2D eigenvalue weighted by molar-refractivity contribution is 9.15. The lowest BCUT2D eigenvalue weighted by Gasteiger charge is -2.12. The van der Waals surface area contributed by atoms with Crippen molar-refractivity contribution in [2.24, 2.45) is 0 Å². The summed E-state index contributed by atoms with van der Waals surface area (Å²) in [5, 5.41) is 0. The average molecular weight is 407 g/mol. The third-order valence-corrected chi connectivity index (χ3v) is 4.34. The zero-order valence-electron chi connectivity index (χ0n) is 8.08. The van der Waals surface area contributed by atoms with Crippen molar-refractivity contribution in [1.29, 1.82) is 0 Å². The van der Waals surface area contributed by atoms with Crippen LogP contribution in [0.25, 0.3) is 8.96 Å². The van der Waals surface area contributed by atoms with Crippen LogP contribution in [0.5, 0.6) is 0 Å². The standard InChI is InChI=1S/C12H7Br3O/c13-9-5-11(15)12(16)6-10(14)8-4-2-1-3-7(8)9/h1-6,11H. The molecule has 0 heterocycles. The summed E-state index contributed by atoms with van der Waals surface area (Å²) in [6, 6.07) is 7.92. The van der Waals surface area contributed by atoms with E-state index in [2.05, 4.69) is 47.8 Å². The summed E-state index contributed by atoms with van der Waals surface area (Å²) < 4.78 is 1.73. The fourth-order valence-corrected chi connectivity index (χ4v) is 3.41. The predicted molar refractivity (Wildman–Crippen MR) is 78.0 cm³/mol. The minimum absolute atomic E-state index is 0.0262. The molecule has 0 bridgehead atoms.